The number of halogens is 2. The average molecular weight is 429 g/mol. The summed E-state index contributed by atoms with van der Waals surface area (Å²) in [5.41, 5.74) is -0.0931. The number of carbonyl (C=O) groups excluding carboxylic acids is 2. The van der Waals surface area contributed by atoms with Gasteiger partial charge in [0.1, 0.15) is 17.1 Å². The largest absolute Gasteiger partial charge is 0.462 e. The summed E-state index contributed by atoms with van der Waals surface area (Å²) in [5, 5.41) is 2.82. The number of hydrogen-bond donors (Lipinski definition) is 1. The molecule has 7 nitrogen and oxygen atoms in total. The summed E-state index contributed by atoms with van der Waals surface area (Å²) in [6.45, 7) is 1.74. The normalized spacial score (nSPS) is 11.0. The summed E-state index contributed by atoms with van der Waals surface area (Å²) < 4.78 is 25.0. The van der Waals surface area contributed by atoms with Crippen LogP contribution in [0.5, 0.6) is 0 Å². The number of nitrogens with zero attached hydrogens (tertiary/aromatic N) is 1. The summed E-state index contributed by atoms with van der Waals surface area (Å²) >= 11 is 6.05. The van der Waals surface area contributed by atoms with Crippen molar-refractivity contribution in [1.29, 1.82) is 0 Å². The smallest absolute Gasteiger partial charge is 0.343 e. The van der Waals surface area contributed by atoms with E-state index in [0.717, 1.165) is 16.5 Å². The van der Waals surface area contributed by atoms with Crippen molar-refractivity contribution in [2.24, 2.45) is 0 Å². The van der Waals surface area contributed by atoms with Crippen molar-refractivity contribution in [3.63, 3.8) is 0 Å². The minimum absolute atomic E-state index is 0.0319. The number of hydrogen-bond acceptors (Lipinski definition) is 5. The Morgan fingerprint density at radius 1 is 1.17 bits per heavy atom. The molecule has 0 aliphatic heterocycles. The van der Waals surface area contributed by atoms with Gasteiger partial charge in [-0.3, -0.25) is 9.59 Å². The third kappa shape index (κ3) is 3.42. The molecular weight excluding hydrogens is 415 g/mol. The van der Waals surface area contributed by atoms with Crippen LogP contribution in [0.15, 0.2) is 57.7 Å². The molecule has 4 rings (SSSR count). The minimum Gasteiger partial charge on any atom is -0.462 e. The van der Waals surface area contributed by atoms with E-state index in [1.165, 1.54) is 24.3 Å². The Bertz CT molecular complexity index is 1360. The zero-order valence-electron chi connectivity index (χ0n) is 15.6. The van der Waals surface area contributed by atoms with Gasteiger partial charge in [-0.2, -0.15) is 0 Å². The molecule has 4 aromatic rings. The van der Waals surface area contributed by atoms with Gasteiger partial charge in [0, 0.05) is 10.6 Å². The van der Waals surface area contributed by atoms with Gasteiger partial charge in [-0.25, -0.2) is 13.6 Å². The lowest BCUT2D eigenvalue weighted by atomic mass is 10.2. The molecule has 0 radical (unpaired) electrons. The topological polar surface area (TPSA) is 90.0 Å². The van der Waals surface area contributed by atoms with Gasteiger partial charge >= 0.3 is 5.97 Å². The number of benzene rings is 2. The first kappa shape index (κ1) is 19.7. The van der Waals surface area contributed by atoms with Crippen molar-refractivity contribution in [2.45, 2.75) is 6.92 Å². The van der Waals surface area contributed by atoms with Crippen LogP contribution in [-0.4, -0.2) is 22.9 Å². The number of ether oxygens (including phenoxy) is 1. The van der Waals surface area contributed by atoms with E-state index < -0.39 is 23.3 Å². The van der Waals surface area contributed by atoms with Gasteiger partial charge < -0.3 is 14.5 Å². The predicted molar refractivity (Wildman–Crippen MR) is 109 cm³/mol. The number of fused-ring (bicyclic) bond motifs is 3. The van der Waals surface area contributed by atoms with Crippen molar-refractivity contribution < 1.29 is 23.1 Å². The molecule has 30 heavy (non-hydrogen) atoms. The molecule has 2 aromatic heterocycles. The maximum atomic E-state index is 13.1. The Balaban J connectivity index is 1.91. The summed E-state index contributed by atoms with van der Waals surface area (Å²) in [5.74, 6) is -1.87. The molecule has 0 spiro atoms. The van der Waals surface area contributed by atoms with E-state index in [1.807, 2.05) is 0 Å². The summed E-state index contributed by atoms with van der Waals surface area (Å²) in [6.07, 6.45) is 0. The molecule has 9 heteroatoms. The third-order valence-corrected chi connectivity index (χ3v) is 4.61. The van der Waals surface area contributed by atoms with E-state index in [-0.39, 0.29) is 29.1 Å². The first-order chi connectivity index (χ1) is 14.4. The van der Waals surface area contributed by atoms with Crippen molar-refractivity contribution in [2.75, 3.05) is 11.9 Å². The second-order valence-corrected chi connectivity index (χ2v) is 6.75. The molecule has 2 aromatic carbocycles. The number of rotatable bonds is 4. The number of carbonyl (C=O) groups is 2. The number of aromatic nitrogens is 1. The predicted octanol–water partition coefficient (Wildman–Crippen LogP) is 4.27. The first-order valence-corrected chi connectivity index (χ1v) is 9.28. The Hall–Kier alpha value is -3.65. The zero-order chi connectivity index (χ0) is 21.4. The fourth-order valence-electron chi connectivity index (χ4n) is 3.02. The highest BCUT2D eigenvalue weighted by Gasteiger charge is 2.23. The zero-order valence-corrected chi connectivity index (χ0v) is 16.3. The Kier molecular flexibility index (Phi) is 5.01. The van der Waals surface area contributed by atoms with Crippen molar-refractivity contribution in [3.8, 4) is 0 Å². The molecule has 1 amide bonds. The van der Waals surface area contributed by atoms with Crippen LogP contribution >= 0.6 is 11.6 Å². The highest BCUT2D eigenvalue weighted by atomic mass is 35.5. The average Bonchev–Trinajstić information content (AvgIpc) is 3.09. The van der Waals surface area contributed by atoms with E-state index in [0.29, 0.717) is 16.1 Å². The van der Waals surface area contributed by atoms with Crippen molar-refractivity contribution in [3.05, 3.63) is 80.9 Å². The molecule has 0 fully saturated rings. The fourth-order valence-corrected chi connectivity index (χ4v) is 3.18. The minimum atomic E-state index is -0.725. The van der Waals surface area contributed by atoms with E-state index in [2.05, 4.69) is 5.32 Å². The van der Waals surface area contributed by atoms with Crippen LogP contribution in [0.3, 0.4) is 0 Å². The lowest BCUT2D eigenvalue weighted by Gasteiger charge is -2.08. The molecule has 0 aliphatic carbocycles. The van der Waals surface area contributed by atoms with Crippen LogP contribution in [0.2, 0.25) is 5.02 Å². The van der Waals surface area contributed by atoms with Gasteiger partial charge in [-0.15, -0.1) is 0 Å². The van der Waals surface area contributed by atoms with Crippen LogP contribution in [0.1, 0.15) is 27.6 Å². The summed E-state index contributed by atoms with van der Waals surface area (Å²) in [6, 6.07) is 10.7. The van der Waals surface area contributed by atoms with Crippen LogP contribution in [0, 0.1) is 5.82 Å². The van der Waals surface area contributed by atoms with Gasteiger partial charge in [0.15, 0.2) is 5.58 Å². The number of esters is 1. The highest BCUT2D eigenvalue weighted by molar-refractivity contribution is 6.31. The second-order valence-electron chi connectivity index (χ2n) is 6.31. The van der Waals surface area contributed by atoms with Crippen LogP contribution in [0.25, 0.3) is 16.8 Å². The van der Waals surface area contributed by atoms with E-state index >= 15 is 0 Å². The van der Waals surface area contributed by atoms with Gasteiger partial charge in [0.05, 0.1) is 12.1 Å². The molecule has 1 N–H and O–H groups in total. The number of oxazole rings is 1. The van der Waals surface area contributed by atoms with Crippen LogP contribution in [-0.2, 0) is 4.74 Å². The SMILES string of the molecule is CCOC(=O)c1cc(NC(=O)c2ccc(F)cc2)c(=O)n2c1oc1ccc(Cl)cc12. The van der Waals surface area contributed by atoms with Gasteiger partial charge in [0.2, 0.25) is 5.71 Å². The first-order valence-electron chi connectivity index (χ1n) is 8.91. The Labute approximate surface area is 173 Å². The van der Waals surface area contributed by atoms with E-state index in [9.17, 15) is 18.8 Å². The van der Waals surface area contributed by atoms with E-state index in [4.69, 9.17) is 20.8 Å². The fraction of sp³-hybridized carbons (Fsp3) is 0.0952. The number of anilines is 1. The monoisotopic (exact) mass is 428 g/mol. The molecule has 0 saturated heterocycles. The quantitative estimate of drug-likeness (QED) is 0.490. The van der Waals surface area contributed by atoms with Gasteiger partial charge in [-0.05, 0) is 55.5 Å². The highest BCUT2D eigenvalue weighted by Crippen LogP contribution is 2.26. The van der Waals surface area contributed by atoms with Gasteiger partial charge in [-0.1, -0.05) is 11.6 Å². The summed E-state index contributed by atoms with van der Waals surface area (Å²) in [7, 11) is 0. The van der Waals surface area contributed by atoms with Crippen LogP contribution in [0.4, 0.5) is 10.1 Å². The van der Waals surface area contributed by atoms with Crippen molar-refractivity contribution >= 4 is 46.0 Å². The standard InChI is InChI=1S/C21H14ClFN2O5/c1-2-29-21(28)14-10-15(24-18(26)11-3-6-13(23)7-4-11)19(27)25-16-9-12(22)5-8-17(16)30-20(14)25/h3-10H,2H2,1H3,(H,24,26). The van der Waals surface area contributed by atoms with Gasteiger partial charge in [0.25, 0.3) is 11.5 Å². The Morgan fingerprint density at radius 2 is 1.90 bits per heavy atom. The molecular formula is C21H14ClFN2O5. The molecule has 0 unspecified atom stereocenters. The van der Waals surface area contributed by atoms with Crippen LogP contribution < -0.4 is 10.9 Å². The maximum Gasteiger partial charge on any atom is 0.343 e. The molecule has 0 saturated carbocycles. The molecule has 2 heterocycles. The molecule has 0 bridgehead atoms. The number of pyridine rings is 1. The molecule has 152 valence electrons. The lowest BCUT2D eigenvalue weighted by Crippen LogP contribution is -2.24. The maximum absolute atomic E-state index is 13.1. The van der Waals surface area contributed by atoms with Crippen molar-refractivity contribution in [1.82, 2.24) is 4.40 Å². The molecule has 0 aliphatic rings. The number of amides is 1. The molecule has 0 atom stereocenters. The second kappa shape index (κ2) is 7.64. The Morgan fingerprint density at radius 3 is 2.60 bits per heavy atom. The van der Waals surface area contributed by atoms with E-state index in [1.54, 1.807) is 19.1 Å². The number of nitrogens with one attached hydrogen (secondary N) is 1. The third-order valence-electron chi connectivity index (χ3n) is 4.37. The lowest BCUT2D eigenvalue weighted by molar-refractivity contribution is 0.0526. The summed E-state index contributed by atoms with van der Waals surface area (Å²) in [4.78, 5) is 38.1.